The van der Waals surface area contributed by atoms with Gasteiger partial charge in [0.2, 0.25) is 0 Å². The number of rotatable bonds is 4. The minimum absolute atomic E-state index is 0.384. The molecule has 0 saturated carbocycles. The van der Waals surface area contributed by atoms with Crippen LogP contribution in [0.25, 0.3) is 21.5 Å². The molecule has 0 saturated heterocycles. The summed E-state index contributed by atoms with van der Waals surface area (Å²) >= 11 is 0. The molecule has 4 rings (SSSR count). The molecular weight excluding hydrogens is 332 g/mol. The molecule has 0 aromatic heterocycles. The normalized spacial score (nSPS) is 11.3. The van der Waals surface area contributed by atoms with Crippen LogP contribution in [0.1, 0.15) is 28.7 Å². The number of aryl methyl sites for hydroxylation is 4. The van der Waals surface area contributed by atoms with Gasteiger partial charge in [-0.25, -0.2) is 0 Å². The summed E-state index contributed by atoms with van der Waals surface area (Å²) in [5, 5.41) is 24.8. The highest BCUT2D eigenvalue weighted by Gasteiger charge is 2.11. The fraction of sp³-hybridized carbons (Fsp3) is 0.200. The monoisotopic (exact) mass is 356 g/mol. The zero-order chi connectivity index (χ0) is 19.0. The van der Waals surface area contributed by atoms with E-state index in [1.165, 1.54) is 11.1 Å². The summed E-state index contributed by atoms with van der Waals surface area (Å²) in [6.45, 7) is 3.92. The van der Waals surface area contributed by atoms with E-state index in [1.54, 1.807) is 0 Å². The lowest BCUT2D eigenvalue weighted by Gasteiger charge is -2.13. The van der Waals surface area contributed by atoms with Crippen molar-refractivity contribution in [2.45, 2.75) is 33.1 Å². The number of hydrogen-bond donors (Lipinski definition) is 2. The maximum Gasteiger partial charge on any atom is 0.126 e. The van der Waals surface area contributed by atoms with Crippen LogP contribution < -0.4 is 0 Å². The molecule has 0 radical (unpaired) electrons. The second-order valence-corrected chi connectivity index (χ2v) is 7.35. The van der Waals surface area contributed by atoms with E-state index in [0.29, 0.717) is 11.5 Å². The summed E-state index contributed by atoms with van der Waals surface area (Å²) in [5.74, 6) is 0.768. The van der Waals surface area contributed by atoms with Gasteiger partial charge in [-0.2, -0.15) is 0 Å². The van der Waals surface area contributed by atoms with Gasteiger partial charge in [0.1, 0.15) is 11.5 Å². The molecule has 27 heavy (non-hydrogen) atoms. The van der Waals surface area contributed by atoms with E-state index in [9.17, 15) is 10.2 Å². The van der Waals surface area contributed by atoms with Crippen molar-refractivity contribution in [1.29, 1.82) is 0 Å². The molecule has 2 heteroatoms. The lowest BCUT2D eigenvalue weighted by molar-refractivity contribution is 0.477. The van der Waals surface area contributed by atoms with Crippen molar-refractivity contribution in [3.63, 3.8) is 0 Å². The SMILES string of the molecule is Cc1cc(CCCc2cc(C)c(O)c3ccccc23)c2ccccc2c1O. The first kappa shape index (κ1) is 17.4. The molecule has 0 aliphatic carbocycles. The number of phenolic OH excluding ortho intramolecular Hbond substituents is 2. The van der Waals surface area contributed by atoms with E-state index in [-0.39, 0.29) is 0 Å². The molecule has 0 amide bonds. The zero-order valence-electron chi connectivity index (χ0n) is 15.8. The van der Waals surface area contributed by atoms with Gasteiger partial charge in [-0.05, 0) is 66.1 Å². The second-order valence-electron chi connectivity index (χ2n) is 7.35. The van der Waals surface area contributed by atoms with Crippen molar-refractivity contribution in [2.75, 3.05) is 0 Å². The first-order valence-electron chi connectivity index (χ1n) is 9.46. The van der Waals surface area contributed by atoms with E-state index in [0.717, 1.165) is 51.9 Å². The van der Waals surface area contributed by atoms with Gasteiger partial charge >= 0.3 is 0 Å². The first-order valence-corrected chi connectivity index (χ1v) is 9.46. The van der Waals surface area contributed by atoms with E-state index in [1.807, 2.05) is 50.2 Å². The quantitative estimate of drug-likeness (QED) is 0.457. The van der Waals surface area contributed by atoms with Crippen molar-refractivity contribution in [3.8, 4) is 11.5 Å². The summed E-state index contributed by atoms with van der Waals surface area (Å²) in [5.41, 5.74) is 4.41. The van der Waals surface area contributed by atoms with Crippen LogP contribution in [0.5, 0.6) is 11.5 Å². The third kappa shape index (κ3) is 3.12. The van der Waals surface area contributed by atoms with Crippen molar-refractivity contribution in [3.05, 3.63) is 82.9 Å². The maximum absolute atomic E-state index is 10.3. The van der Waals surface area contributed by atoms with Crippen LogP contribution in [0.15, 0.2) is 60.7 Å². The molecule has 0 aliphatic heterocycles. The molecule has 2 N–H and O–H groups in total. The molecule has 4 aromatic rings. The summed E-state index contributed by atoms with van der Waals surface area (Å²) in [7, 11) is 0. The highest BCUT2D eigenvalue weighted by molar-refractivity contribution is 5.93. The topological polar surface area (TPSA) is 40.5 Å². The summed E-state index contributed by atoms with van der Waals surface area (Å²) in [4.78, 5) is 0. The first-order chi connectivity index (χ1) is 13.1. The lowest BCUT2D eigenvalue weighted by Crippen LogP contribution is -1.95. The number of benzene rings is 4. The van der Waals surface area contributed by atoms with Gasteiger partial charge < -0.3 is 10.2 Å². The highest BCUT2D eigenvalue weighted by Crippen LogP contribution is 2.34. The molecular formula is C25H24O2. The van der Waals surface area contributed by atoms with Gasteiger partial charge in [-0.15, -0.1) is 0 Å². The Morgan fingerprint density at radius 3 is 1.37 bits per heavy atom. The molecule has 136 valence electrons. The van der Waals surface area contributed by atoms with Crippen LogP contribution in [-0.2, 0) is 12.8 Å². The highest BCUT2D eigenvalue weighted by atomic mass is 16.3. The largest absolute Gasteiger partial charge is 0.507 e. The average molecular weight is 356 g/mol. The van der Waals surface area contributed by atoms with Gasteiger partial charge in [-0.3, -0.25) is 0 Å². The number of hydrogen-bond acceptors (Lipinski definition) is 2. The number of fused-ring (bicyclic) bond motifs is 2. The second kappa shape index (κ2) is 6.96. The van der Waals surface area contributed by atoms with Crippen LogP contribution in [0, 0.1) is 13.8 Å². The number of phenols is 2. The van der Waals surface area contributed by atoms with E-state index in [4.69, 9.17) is 0 Å². The molecule has 0 fully saturated rings. The van der Waals surface area contributed by atoms with E-state index >= 15 is 0 Å². The van der Waals surface area contributed by atoms with Gasteiger partial charge in [0.25, 0.3) is 0 Å². The molecule has 2 nitrogen and oxygen atoms in total. The maximum atomic E-state index is 10.3. The Morgan fingerprint density at radius 2 is 0.963 bits per heavy atom. The van der Waals surface area contributed by atoms with Crippen molar-refractivity contribution in [2.24, 2.45) is 0 Å². The Balaban J connectivity index is 1.63. The molecule has 0 unspecified atom stereocenters. The van der Waals surface area contributed by atoms with Crippen molar-refractivity contribution >= 4 is 21.5 Å². The molecule has 0 spiro atoms. The smallest absolute Gasteiger partial charge is 0.126 e. The van der Waals surface area contributed by atoms with Gasteiger partial charge in [0.05, 0.1) is 0 Å². The fourth-order valence-corrected chi connectivity index (χ4v) is 4.06. The van der Waals surface area contributed by atoms with Crippen molar-refractivity contribution in [1.82, 2.24) is 0 Å². The van der Waals surface area contributed by atoms with Gasteiger partial charge in [-0.1, -0.05) is 60.7 Å². The minimum Gasteiger partial charge on any atom is -0.507 e. The molecule has 4 aromatic carbocycles. The van der Waals surface area contributed by atoms with Crippen LogP contribution in [0.2, 0.25) is 0 Å². The van der Waals surface area contributed by atoms with E-state index in [2.05, 4.69) is 24.3 Å². The van der Waals surface area contributed by atoms with Crippen molar-refractivity contribution < 1.29 is 10.2 Å². The predicted octanol–water partition coefficient (Wildman–Crippen LogP) is 6.20. The average Bonchev–Trinajstić information content (AvgIpc) is 2.69. The Kier molecular flexibility index (Phi) is 4.49. The summed E-state index contributed by atoms with van der Waals surface area (Å²) in [6, 6.07) is 20.3. The minimum atomic E-state index is 0.384. The Morgan fingerprint density at radius 1 is 0.593 bits per heavy atom. The molecule has 0 heterocycles. The number of aromatic hydroxyl groups is 2. The molecule has 0 aliphatic rings. The Labute approximate surface area is 159 Å². The molecule has 0 atom stereocenters. The van der Waals surface area contributed by atoms with Crippen LogP contribution in [0.4, 0.5) is 0 Å². The standard InChI is InChI=1S/C25H24O2/c1-16-14-18(20-10-3-5-12-22(20)24(16)26)8-7-9-19-15-17(2)25(27)23-13-6-4-11-21(19)23/h3-6,10-15,26-27H,7-9H2,1-2H3. The predicted molar refractivity (Wildman–Crippen MR) is 113 cm³/mol. The third-order valence-corrected chi connectivity index (χ3v) is 5.48. The van der Waals surface area contributed by atoms with Gasteiger partial charge in [0, 0.05) is 10.8 Å². The third-order valence-electron chi connectivity index (χ3n) is 5.48. The van der Waals surface area contributed by atoms with Crippen LogP contribution in [-0.4, -0.2) is 10.2 Å². The fourth-order valence-electron chi connectivity index (χ4n) is 4.06. The summed E-state index contributed by atoms with van der Waals surface area (Å²) < 4.78 is 0. The van der Waals surface area contributed by atoms with Crippen LogP contribution >= 0.6 is 0 Å². The zero-order valence-corrected chi connectivity index (χ0v) is 15.8. The van der Waals surface area contributed by atoms with Crippen LogP contribution in [0.3, 0.4) is 0 Å². The van der Waals surface area contributed by atoms with Gasteiger partial charge in [0.15, 0.2) is 0 Å². The lowest BCUT2D eigenvalue weighted by atomic mass is 9.93. The Bertz CT molecular complexity index is 1050. The van der Waals surface area contributed by atoms with E-state index < -0.39 is 0 Å². The molecule has 0 bridgehead atoms. The Hall–Kier alpha value is -3.00. The summed E-state index contributed by atoms with van der Waals surface area (Å²) in [6.07, 6.45) is 2.92.